The Kier molecular flexibility index (Phi) is 12.8. The van der Waals surface area contributed by atoms with E-state index in [9.17, 15) is 29.4 Å². The van der Waals surface area contributed by atoms with Gasteiger partial charge in [0.1, 0.15) is 11.5 Å². The van der Waals surface area contributed by atoms with Gasteiger partial charge in [0.25, 0.3) is 0 Å². The number of methoxy groups -OCH3 is 2. The summed E-state index contributed by atoms with van der Waals surface area (Å²) in [5.74, 6) is -2.70. The zero-order valence-corrected chi connectivity index (χ0v) is 23.1. The molecule has 0 saturated carbocycles. The molecular formula is C28H36N2O12. The fourth-order valence-corrected chi connectivity index (χ4v) is 4.37. The highest BCUT2D eigenvalue weighted by molar-refractivity contribution is 5.83. The molecule has 2 heterocycles. The van der Waals surface area contributed by atoms with Crippen molar-refractivity contribution in [1.29, 1.82) is 0 Å². The fraction of sp³-hybridized carbons (Fsp3) is 0.429. The Hall–Kier alpha value is -4.56. The number of hydrogen-bond acceptors (Lipinski definition) is 12. The first-order valence-electron chi connectivity index (χ1n) is 13.0. The van der Waals surface area contributed by atoms with Gasteiger partial charge >= 0.3 is 23.9 Å². The second kappa shape index (κ2) is 16.0. The van der Waals surface area contributed by atoms with Gasteiger partial charge in [-0.2, -0.15) is 0 Å². The van der Waals surface area contributed by atoms with E-state index in [1.807, 2.05) is 12.1 Å². The third kappa shape index (κ3) is 9.82. The lowest BCUT2D eigenvalue weighted by Gasteiger charge is -2.08. The number of phenols is 2. The summed E-state index contributed by atoms with van der Waals surface area (Å²) in [4.78, 5) is 41.6. The SMILES string of the molecule is COC(=O)CCC1CNc2cc(O)ccc21.COC(=O)CCC1CNc2cc(O)ccc21.O=C(O)C(O)C(O)C(=O)O. The normalized spacial score (nSPS) is 17.2. The van der Waals surface area contributed by atoms with Crippen molar-refractivity contribution in [2.24, 2.45) is 0 Å². The number of hydrogen-bond donors (Lipinski definition) is 8. The molecule has 0 saturated heterocycles. The minimum absolute atomic E-state index is 0.174. The molecule has 14 nitrogen and oxygen atoms in total. The number of aliphatic hydroxyl groups is 2. The Morgan fingerprint density at radius 3 is 1.40 bits per heavy atom. The summed E-state index contributed by atoms with van der Waals surface area (Å²) >= 11 is 0. The van der Waals surface area contributed by atoms with E-state index in [2.05, 4.69) is 20.1 Å². The third-order valence-corrected chi connectivity index (χ3v) is 6.69. The zero-order chi connectivity index (χ0) is 31.4. The lowest BCUT2D eigenvalue weighted by atomic mass is 9.96. The monoisotopic (exact) mass is 592 g/mol. The summed E-state index contributed by atoms with van der Waals surface area (Å²) in [6.45, 7) is 1.63. The number of esters is 2. The van der Waals surface area contributed by atoms with Crippen molar-refractivity contribution in [1.82, 2.24) is 0 Å². The molecule has 0 fully saturated rings. The van der Waals surface area contributed by atoms with E-state index in [1.165, 1.54) is 25.3 Å². The number of carbonyl (C=O) groups is 4. The molecule has 4 unspecified atom stereocenters. The van der Waals surface area contributed by atoms with Crippen molar-refractivity contribution in [3.8, 4) is 11.5 Å². The molecule has 230 valence electrons. The van der Waals surface area contributed by atoms with E-state index < -0.39 is 24.1 Å². The molecule has 14 heteroatoms. The van der Waals surface area contributed by atoms with Gasteiger partial charge in [-0.25, -0.2) is 9.59 Å². The molecule has 0 amide bonds. The molecule has 2 aliphatic heterocycles. The van der Waals surface area contributed by atoms with Crippen LogP contribution in [0.1, 0.15) is 48.6 Å². The molecule has 0 aromatic heterocycles. The van der Waals surface area contributed by atoms with Crippen LogP contribution in [-0.2, 0) is 28.7 Å². The van der Waals surface area contributed by atoms with Gasteiger partial charge in [-0.3, -0.25) is 9.59 Å². The standard InChI is InChI=1S/2C12H15NO3.C4H6O6/c2*1-16-12(15)5-2-8-7-13-11-6-9(14)3-4-10(8)11;5-1(3(7)8)2(6)4(9)10/h2*3-4,6,8,13-14H,2,5,7H2,1H3;1-2,5-6H,(H,7,8)(H,9,10). The first kappa shape index (κ1) is 33.6. The molecule has 0 radical (unpaired) electrons. The summed E-state index contributed by atoms with van der Waals surface area (Å²) in [5, 5.41) is 57.6. The Morgan fingerprint density at radius 1 is 0.738 bits per heavy atom. The number of benzene rings is 2. The number of carboxylic acid groups (broad SMARTS) is 2. The van der Waals surface area contributed by atoms with Gasteiger partial charge in [-0.1, -0.05) is 12.1 Å². The predicted molar refractivity (Wildman–Crippen MR) is 148 cm³/mol. The van der Waals surface area contributed by atoms with Crippen LogP contribution in [0.2, 0.25) is 0 Å². The molecule has 4 atom stereocenters. The third-order valence-electron chi connectivity index (χ3n) is 6.69. The van der Waals surface area contributed by atoms with Crippen LogP contribution in [0.15, 0.2) is 36.4 Å². The number of nitrogens with one attached hydrogen (secondary N) is 2. The highest BCUT2D eigenvalue weighted by Crippen LogP contribution is 2.37. The minimum atomic E-state index is -2.27. The molecule has 42 heavy (non-hydrogen) atoms. The van der Waals surface area contributed by atoms with Gasteiger partial charge in [0.05, 0.1) is 14.2 Å². The Bertz CT molecular complexity index is 1160. The van der Waals surface area contributed by atoms with Crippen molar-refractivity contribution in [3.63, 3.8) is 0 Å². The fourth-order valence-electron chi connectivity index (χ4n) is 4.37. The van der Waals surface area contributed by atoms with Crippen LogP contribution in [0.5, 0.6) is 11.5 Å². The van der Waals surface area contributed by atoms with Crippen molar-refractivity contribution in [3.05, 3.63) is 47.5 Å². The quantitative estimate of drug-likeness (QED) is 0.193. The van der Waals surface area contributed by atoms with E-state index >= 15 is 0 Å². The van der Waals surface area contributed by atoms with E-state index in [0.29, 0.717) is 24.7 Å². The maximum absolute atomic E-state index is 11.1. The molecule has 2 aromatic rings. The van der Waals surface area contributed by atoms with Crippen molar-refractivity contribution in [2.45, 2.75) is 49.7 Å². The highest BCUT2D eigenvalue weighted by atomic mass is 16.5. The van der Waals surface area contributed by atoms with Crippen LogP contribution in [-0.4, -0.2) is 94.0 Å². The summed E-state index contributed by atoms with van der Waals surface area (Å²) in [5.41, 5.74) is 4.27. The number of ether oxygens (including phenoxy) is 2. The number of carboxylic acids is 2. The maximum atomic E-state index is 11.1. The topological polar surface area (TPSA) is 232 Å². The number of fused-ring (bicyclic) bond motifs is 2. The van der Waals surface area contributed by atoms with Crippen LogP contribution in [0.3, 0.4) is 0 Å². The molecular weight excluding hydrogens is 556 g/mol. The lowest BCUT2D eigenvalue weighted by molar-refractivity contribution is -0.165. The highest BCUT2D eigenvalue weighted by Gasteiger charge is 2.29. The van der Waals surface area contributed by atoms with E-state index in [4.69, 9.17) is 20.4 Å². The van der Waals surface area contributed by atoms with Gasteiger partial charge < -0.3 is 50.7 Å². The van der Waals surface area contributed by atoms with Crippen LogP contribution in [0.25, 0.3) is 0 Å². The van der Waals surface area contributed by atoms with Crippen LogP contribution in [0.4, 0.5) is 11.4 Å². The van der Waals surface area contributed by atoms with E-state index in [1.54, 1.807) is 24.3 Å². The Balaban J connectivity index is 0.000000228. The molecule has 0 bridgehead atoms. The molecule has 2 aliphatic rings. The summed E-state index contributed by atoms with van der Waals surface area (Å²) < 4.78 is 9.24. The number of aliphatic hydroxyl groups excluding tert-OH is 2. The molecule has 2 aromatic carbocycles. The Labute approximate surface area is 241 Å². The average Bonchev–Trinajstić information content (AvgIpc) is 3.56. The van der Waals surface area contributed by atoms with Gasteiger partial charge in [0.15, 0.2) is 12.2 Å². The van der Waals surface area contributed by atoms with Gasteiger partial charge in [-0.05, 0) is 36.1 Å². The lowest BCUT2D eigenvalue weighted by Crippen LogP contribution is -2.39. The first-order valence-corrected chi connectivity index (χ1v) is 13.0. The van der Waals surface area contributed by atoms with Crippen molar-refractivity contribution < 1.29 is 59.3 Å². The van der Waals surface area contributed by atoms with Crippen LogP contribution >= 0.6 is 0 Å². The number of aliphatic carboxylic acids is 2. The maximum Gasteiger partial charge on any atom is 0.335 e. The molecule has 8 N–H and O–H groups in total. The molecule has 4 rings (SSSR count). The molecule has 0 aliphatic carbocycles. The van der Waals surface area contributed by atoms with Crippen LogP contribution in [0, 0.1) is 0 Å². The predicted octanol–water partition coefficient (Wildman–Crippen LogP) is 1.59. The van der Waals surface area contributed by atoms with Crippen molar-refractivity contribution in [2.75, 3.05) is 37.9 Å². The zero-order valence-electron chi connectivity index (χ0n) is 23.1. The minimum Gasteiger partial charge on any atom is -0.508 e. The van der Waals surface area contributed by atoms with E-state index in [-0.39, 0.29) is 23.4 Å². The van der Waals surface area contributed by atoms with Crippen molar-refractivity contribution >= 4 is 35.3 Å². The second-order valence-electron chi connectivity index (χ2n) is 9.49. The summed E-state index contributed by atoms with van der Waals surface area (Å²) in [6.07, 6.45) is -2.11. The second-order valence-corrected chi connectivity index (χ2v) is 9.49. The smallest absolute Gasteiger partial charge is 0.335 e. The number of anilines is 2. The first-order chi connectivity index (χ1) is 19.9. The van der Waals surface area contributed by atoms with Gasteiger partial charge in [0, 0.05) is 61.3 Å². The number of phenolic OH excluding ortho intramolecular Hbond substituents is 2. The van der Waals surface area contributed by atoms with E-state index in [0.717, 1.165) is 37.3 Å². The van der Waals surface area contributed by atoms with Gasteiger partial charge in [-0.15, -0.1) is 0 Å². The number of carbonyl (C=O) groups excluding carboxylic acids is 2. The number of aromatic hydroxyl groups is 2. The largest absolute Gasteiger partial charge is 0.508 e. The summed E-state index contributed by atoms with van der Waals surface area (Å²) in [6, 6.07) is 10.6. The summed E-state index contributed by atoms with van der Waals surface area (Å²) in [7, 11) is 2.81. The average molecular weight is 593 g/mol. The number of rotatable bonds is 9. The molecule has 0 spiro atoms. The Morgan fingerprint density at radius 2 is 1.10 bits per heavy atom. The van der Waals surface area contributed by atoms with Gasteiger partial charge in [0.2, 0.25) is 0 Å². The van der Waals surface area contributed by atoms with Crippen LogP contribution < -0.4 is 10.6 Å².